The molecule has 2 rings (SSSR count). The zero-order valence-electron chi connectivity index (χ0n) is 10.8. The number of hydrogen-bond acceptors (Lipinski definition) is 5. The van der Waals surface area contributed by atoms with E-state index in [0.717, 1.165) is 0 Å². The van der Waals surface area contributed by atoms with E-state index in [1.54, 1.807) is 7.05 Å². The zero-order chi connectivity index (χ0) is 13.9. The highest BCUT2D eigenvalue weighted by molar-refractivity contribution is 7.89. The molecule has 0 unspecified atom stereocenters. The first-order valence-corrected chi connectivity index (χ1v) is 7.64. The Bertz CT molecular complexity index is 566. The van der Waals surface area contributed by atoms with Crippen molar-refractivity contribution in [3.8, 4) is 11.5 Å². The maximum atomic E-state index is 12.1. The summed E-state index contributed by atoms with van der Waals surface area (Å²) in [4.78, 5) is -0.00507. The summed E-state index contributed by atoms with van der Waals surface area (Å²) in [5.41, 5.74) is 0. The normalized spacial score (nSPS) is 13.7. The molecule has 0 saturated heterocycles. The van der Waals surface area contributed by atoms with E-state index in [9.17, 15) is 8.42 Å². The van der Waals surface area contributed by atoms with Crippen LogP contribution < -0.4 is 19.5 Å². The van der Waals surface area contributed by atoms with E-state index in [0.29, 0.717) is 31.3 Å². The van der Waals surface area contributed by atoms with Gasteiger partial charge in [0.2, 0.25) is 10.0 Å². The SMILES string of the molecule is CNCCNS(=O)(=O)c1cc2c(cc1Cl)OCCO2.Cl. The van der Waals surface area contributed by atoms with Crippen LogP contribution in [0.25, 0.3) is 0 Å². The smallest absolute Gasteiger partial charge is 0.242 e. The Morgan fingerprint density at radius 1 is 1.20 bits per heavy atom. The van der Waals surface area contributed by atoms with Crippen molar-refractivity contribution in [2.45, 2.75) is 4.90 Å². The van der Waals surface area contributed by atoms with Gasteiger partial charge in [0.1, 0.15) is 18.1 Å². The molecule has 2 N–H and O–H groups in total. The zero-order valence-corrected chi connectivity index (χ0v) is 13.2. The van der Waals surface area contributed by atoms with Crippen LogP contribution in [0.3, 0.4) is 0 Å². The molecule has 1 heterocycles. The molecule has 0 radical (unpaired) electrons. The van der Waals surface area contributed by atoms with Gasteiger partial charge in [0, 0.05) is 25.2 Å². The summed E-state index contributed by atoms with van der Waals surface area (Å²) >= 11 is 5.99. The van der Waals surface area contributed by atoms with Crippen molar-refractivity contribution in [2.75, 3.05) is 33.4 Å². The number of nitrogens with one attached hydrogen (secondary N) is 2. The van der Waals surface area contributed by atoms with E-state index in [4.69, 9.17) is 21.1 Å². The van der Waals surface area contributed by atoms with Gasteiger partial charge in [-0.1, -0.05) is 11.6 Å². The van der Waals surface area contributed by atoms with Crippen LogP contribution in [0.2, 0.25) is 5.02 Å². The average Bonchev–Trinajstić information content (AvgIpc) is 2.38. The molecule has 1 aliphatic rings. The van der Waals surface area contributed by atoms with Gasteiger partial charge in [-0.25, -0.2) is 13.1 Å². The van der Waals surface area contributed by atoms with Crippen molar-refractivity contribution in [1.82, 2.24) is 10.0 Å². The van der Waals surface area contributed by atoms with Crippen LogP contribution >= 0.6 is 24.0 Å². The van der Waals surface area contributed by atoms with Gasteiger partial charge in [-0.15, -0.1) is 12.4 Å². The summed E-state index contributed by atoms with van der Waals surface area (Å²) < 4.78 is 37.3. The largest absolute Gasteiger partial charge is 0.486 e. The van der Waals surface area contributed by atoms with Gasteiger partial charge in [0.15, 0.2) is 11.5 Å². The number of sulfonamides is 1. The van der Waals surface area contributed by atoms with E-state index >= 15 is 0 Å². The van der Waals surface area contributed by atoms with E-state index in [1.807, 2.05) is 0 Å². The van der Waals surface area contributed by atoms with Crippen molar-refractivity contribution < 1.29 is 17.9 Å². The topological polar surface area (TPSA) is 76.7 Å². The molecule has 0 aromatic heterocycles. The first-order valence-electron chi connectivity index (χ1n) is 5.78. The standard InChI is InChI=1S/C11H15ClN2O4S.ClH/c1-13-2-3-14-19(15,16)11-7-10-9(6-8(11)12)17-4-5-18-10;/h6-7,13-14H,2-5H2,1H3;1H. The number of likely N-dealkylation sites (N-methyl/N-ethyl adjacent to an activating group) is 1. The van der Waals surface area contributed by atoms with Crippen LogP contribution in [0, 0.1) is 0 Å². The fourth-order valence-electron chi connectivity index (χ4n) is 1.64. The first kappa shape index (κ1) is 17.3. The predicted octanol–water partition coefficient (Wildman–Crippen LogP) is 1.03. The van der Waals surface area contributed by atoms with Gasteiger partial charge < -0.3 is 14.8 Å². The molecule has 6 nitrogen and oxygen atoms in total. The molecule has 114 valence electrons. The predicted molar refractivity (Wildman–Crippen MR) is 78.8 cm³/mol. The highest BCUT2D eigenvalue weighted by Gasteiger charge is 2.22. The molecule has 0 amide bonds. The summed E-state index contributed by atoms with van der Waals surface area (Å²) in [7, 11) is -1.91. The van der Waals surface area contributed by atoms with Crippen molar-refractivity contribution in [3.05, 3.63) is 17.2 Å². The molecule has 20 heavy (non-hydrogen) atoms. The number of ether oxygens (including phenoxy) is 2. The Balaban J connectivity index is 0.00000200. The summed E-state index contributed by atoms with van der Waals surface area (Å²) in [5, 5.41) is 2.96. The van der Waals surface area contributed by atoms with Crippen molar-refractivity contribution in [1.29, 1.82) is 0 Å². The van der Waals surface area contributed by atoms with E-state index in [1.165, 1.54) is 12.1 Å². The molecule has 0 saturated carbocycles. The van der Waals surface area contributed by atoms with Gasteiger partial charge in [0.25, 0.3) is 0 Å². The van der Waals surface area contributed by atoms with Crippen LogP contribution in [0.4, 0.5) is 0 Å². The second-order valence-corrected chi connectivity index (χ2v) is 6.07. The molecule has 9 heteroatoms. The molecule has 0 bridgehead atoms. The van der Waals surface area contributed by atoms with Crippen molar-refractivity contribution in [3.63, 3.8) is 0 Å². The van der Waals surface area contributed by atoms with Gasteiger partial charge in [-0.3, -0.25) is 0 Å². The van der Waals surface area contributed by atoms with E-state index in [2.05, 4.69) is 10.0 Å². The van der Waals surface area contributed by atoms with E-state index in [-0.39, 0.29) is 28.9 Å². The summed E-state index contributed by atoms with van der Waals surface area (Å²) in [6.07, 6.45) is 0. The average molecular weight is 343 g/mol. The highest BCUT2D eigenvalue weighted by atomic mass is 35.5. The van der Waals surface area contributed by atoms with Crippen LogP contribution in [-0.2, 0) is 10.0 Å². The van der Waals surface area contributed by atoms with Crippen LogP contribution in [0.1, 0.15) is 0 Å². The van der Waals surface area contributed by atoms with Crippen LogP contribution in [0.5, 0.6) is 11.5 Å². The lowest BCUT2D eigenvalue weighted by Crippen LogP contribution is -2.30. The third kappa shape index (κ3) is 3.89. The maximum absolute atomic E-state index is 12.1. The Morgan fingerprint density at radius 2 is 1.80 bits per heavy atom. The Morgan fingerprint density at radius 3 is 2.40 bits per heavy atom. The molecule has 1 aromatic rings. The first-order chi connectivity index (χ1) is 9.04. The lowest BCUT2D eigenvalue weighted by atomic mass is 10.3. The maximum Gasteiger partial charge on any atom is 0.242 e. The summed E-state index contributed by atoms with van der Waals surface area (Å²) in [5.74, 6) is 0.857. The second kappa shape index (κ2) is 7.33. The molecule has 0 aliphatic carbocycles. The quantitative estimate of drug-likeness (QED) is 0.781. The Kier molecular flexibility index (Phi) is 6.35. The minimum atomic E-state index is -3.65. The van der Waals surface area contributed by atoms with E-state index < -0.39 is 10.0 Å². The summed E-state index contributed by atoms with van der Waals surface area (Å²) in [6, 6.07) is 2.85. The van der Waals surface area contributed by atoms with Crippen LogP contribution in [0.15, 0.2) is 17.0 Å². The molecule has 1 aliphatic heterocycles. The highest BCUT2D eigenvalue weighted by Crippen LogP contribution is 2.37. The fourth-order valence-corrected chi connectivity index (χ4v) is 3.20. The minimum absolute atomic E-state index is 0. The van der Waals surface area contributed by atoms with Gasteiger partial charge >= 0.3 is 0 Å². The molecule has 0 atom stereocenters. The minimum Gasteiger partial charge on any atom is -0.486 e. The lowest BCUT2D eigenvalue weighted by Gasteiger charge is -2.19. The number of halogens is 2. The third-order valence-electron chi connectivity index (χ3n) is 2.55. The fraction of sp³-hybridized carbons (Fsp3) is 0.455. The summed E-state index contributed by atoms with van der Waals surface area (Å²) in [6.45, 7) is 1.63. The van der Waals surface area contributed by atoms with Crippen molar-refractivity contribution >= 4 is 34.0 Å². The van der Waals surface area contributed by atoms with Gasteiger partial charge in [-0.05, 0) is 7.05 Å². The van der Waals surface area contributed by atoms with Gasteiger partial charge in [0.05, 0.1) is 5.02 Å². The Labute approximate surface area is 129 Å². The molecular weight excluding hydrogens is 327 g/mol. The second-order valence-electron chi connectivity index (χ2n) is 3.93. The number of benzene rings is 1. The number of hydrogen-bond donors (Lipinski definition) is 2. The number of rotatable bonds is 5. The molecule has 0 fully saturated rings. The number of fused-ring (bicyclic) bond motifs is 1. The van der Waals surface area contributed by atoms with Crippen LogP contribution in [-0.4, -0.2) is 41.8 Å². The molecular formula is C11H16Cl2N2O4S. The van der Waals surface area contributed by atoms with Crippen molar-refractivity contribution in [2.24, 2.45) is 0 Å². The monoisotopic (exact) mass is 342 g/mol. The van der Waals surface area contributed by atoms with Gasteiger partial charge in [-0.2, -0.15) is 0 Å². The Hall–Kier alpha value is -0.730. The molecule has 1 aromatic carbocycles. The molecule has 0 spiro atoms. The third-order valence-corrected chi connectivity index (χ3v) is 4.48. The lowest BCUT2D eigenvalue weighted by molar-refractivity contribution is 0.171.